The molecule has 3 aromatic carbocycles. The van der Waals surface area contributed by atoms with Crippen LogP contribution < -0.4 is 30.7 Å². The molecular weight excluding hydrogens is 933 g/mol. The Labute approximate surface area is 429 Å². The largest absolute Gasteiger partial charge is 0.483 e. The molecule has 0 radical (unpaired) electrons. The highest BCUT2D eigenvalue weighted by atomic mass is 16.6. The van der Waals surface area contributed by atoms with E-state index >= 15 is 0 Å². The van der Waals surface area contributed by atoms with Crippen molar-refractivity contribution in [3.8, 4) is 11.5 Å². The molecule has 0 spiro atoms. The molecule has 73 heavy (non-hydrogen) atoms. The summed E-state index contributed by atoms with van der Waals surface area (Å²) in [5, 5.41) is 22.0. The third-order valence-electron chi connectivity index (χ3n) is 13.3. The molecule has 2 aliphatic rings. The lowest BCUT2D eigenvalue weighted by Crippen LogP contribution is -2.60. The number of quaternary nitrogens is 1. The summed E-state index contributed by atoms with van der Waals surface area (Å²) in [5.41, 5.74) is 2.17. The number of benzene rings is 3. The monoisotopic (exact) mass is 1010 g/mol. The molecule has 5 N–H and O–H groups in total. The van der Waals surface area contributed by atoms with Crippen LogP contribution in [-0.4, -0.2) is 124 Å². The first-order valence-corrected chi connectivity index (χ1v) is 25.9. The van der Waals surface area contributed by atoms with Crippen molar-refractivity contribution in [2.75, 3.05) is 39.5 Å². The van der Waals surface area contributed by atoms with Crippen LogP contribution in [0.2, 0.25) is 0 Å². The van der Waals surface area contributed by atoms with Crippen molar-refractivity contribution in [1.82, 2.24) is 36.7 Å². The minimum Gasteiger partial charge on any atom is -0.483 e. The van der Waals surface area contributed by atoms with Gasteiger partial charge in [-0.1, -0.05) is 112 Å². The van der Waals surface area contributed by atoms with Crippen LogP contribution in [-0.2, 0) is 64.2 Å². The van der Waals surface area contributed by atoms with E-state index in [4.69, 9.17) is 18.9 Å². The lowest BCUT2D eigenvalue weighted by atomic mass is 9.93. The molecular formula is C55H75N8O10+. The number of epoxide rings is 1. The van der Waals surface area contributed by atoms with Gasteiger partial charge in [0.1, 0.15) is 55.7 Å². The lowest BCUT2D eigenvalue weighted by Gasteiger charge is -2.41. The predicted octanol–water partition coefficient (Wildman–Crippen LogP) is 5.24. The van der Waals surface area contributed by atoms with Crippen molar-refractivity contribution in [3.63, 3.8) is 0 Å². The summed E-state index contributed by atoms with van der Waals surface area (Å²) in [4.78, 5) is 83.0. The van der Waals surface area contributed by atoms with E-state index in [1.165, 1.54) is 6.92 Å². The van der Waals surface area contributed by atoms with Crippen LogP contribution in [0.15, 0.2) is 85.1 Å². The smallest absolute Gasteiger partial charge is 0.311 e. The number of ether oxygens (including phenoxy) is 4. The van der Waals surface area contributed by atoms with Gasteiger partial charge in [0.05, 0.1) is 25.9 Å². The van der Waals surface area contributed by atoms with Crippen molar-refractivity contribution in [2.45, 2.75) is 142 Å². The van der Waals surface area contributed by atoms with Gasteiger partial charge in [-0.25, -0.2) is 0 Å². The number of hydrogen-bond donors (Lipinski definition) is 5. The molecule has 2 aliphatic heterocycles. The van der Waals surface area contributed by atoms with E-state index in [2.05, 4.69) is 43.6 Å². The van der Waals surface area contributed by atoms with Crippen molar-refractivity contribution in [3.05, 3.63) is 107 Å². The van der Waals surface area contributed by atoms with E-state index in [0.717, 1.165) is 48.8 Å². The number of aryl methyl sites for hydroxylation is 1. The molecule has 2 saturated heterocycles. The van der Waals surface area contributed by atoms with Gasteiger partial charge in [0.25, 0.3) is 5.91 Å². The number of aromatic nitrogens is 3. The second-order valence-electron chi connectivity index (χ2n) is 20.1. The quantitative estimate of drug-likeness (QED) is 0.0149. The molecule has 1 aromatic heterocycles. The molecule has 0 aliphatic carbocycles. The zero-order valence-corrected chi connectivity index (χ0v) is 43.1. The van der Waals surface area contributed by atoms with Gasteiger partial charge < -0.3 is 44.7 Å². The average Bonchev–Trinajstić information content (AvgIpc) is 3.90. The SMILES string of the molecule is CCCCCCCC(=O)Oc1ccc(C[N+]2(CC(=O)N[C@@H](CCc3ccccc3)C(=O)N[C@@H](C)C(=O)N[C@@H](Cc3ccccc3)C(=O)N[C@@H](CC(C)C)C(=O)[C@@]3(C)CO3)CCOCC2)cc1OCc1c[nH]nn1. The number of ketones is 1. The van der Waals surface area contributed by atoms with Crippen molar-refractivity contribution in [2.24, 2.45) is 5.92 Å². The number of nitrogens with one attached hydrogen (secondary N) is 5. The number of unbranched alkanes of at least 4 members (excludes halogenated alkanes) is 4. The Bertz CT molecular complexity index is 2410. The van der Waals surface area contributed by atoms with Crippen LogP contribution >= 0.6 is 0 Å². The van der Waals surface area contributed by atoms with Crippen molar-refractivity contribution < 1.29 is 52.2 Å². The van der Waals surface area contributed by atoms with Gasteiger partial charge >= 0.3 is 5.97 Å². The van der Waals surface area contributed by atoms with Gasteiger partial charge in [0.2, 0.25) is 17.7 Å². The zero-order valence-electron chi connectivity index (χ0n) is 43.1. The summed E-state index contributed by atoms with van der Waals surface area (Å²) in [5.74, 6) is -1.94. The van der Waals surface area contributed by atoms with Crippen LogP contribution in [0.5, 0.6) is 11.5 Å². The number of rotatable bonds is 30. The second kappa shape index (κ2) is 27.5. The second-order valence-corrected chi connectivity index (χ2v) is 20.1. The number of morpholine rings is 1. The van der Waals surface area contributed by atoms with Gasteiger partial charge in [-0.05, 0) is 74.8 Å². The molecule has 6 rings (SSSR count). The van der Waals surface area contributed by atoms with Crippen LogP contribution in [0, 0.1) is 5.92 Å². The fourth-order valence-corrected chi connectivity index (χ4v) is 8.93. The summed E-state index contributed by atoms with van der Waals surface area (Å²) >= 11 is 0. The fourth-order valence-electron chi connectivity index (χ4n) is 8.93. The van der Waals surface area contributed by atoms with Gasteiger partial charge in [-0.15, -0.1) is 5.10 Å². The highest BCUT2D eigenvalue weighted by Crippen LogP contribution is 2.32. The first-order valence-electron chi connectivity index (χ1n) is 25.9. The van der Waals surface area contributed by atoms with E-state index in [9.17, 15) is 28.8 Å². The minimum absolute atomic E-state index is 0.0142. The topological polar surface area (TPSA) is 232 Å². The van der Waals surface area contributed by atoms with Crippen LogP contribution in [0.3, 0.4) is 0 Å². The first kappa shape index (κ1) is 55.8. The Morgan fingerprint density at radius 2 is 1.44 bits per heavy atom. The number of Topliss-reactive ketones (excluding diaryl/α,β-unsaturated/α-hetero) is 1. The number of nitrogens with zero attached hydrogens (tertiary/aromatic N) is 3. The summed E-state index contributed by atoms with van der Waals surface area (Å²) < 4.78 is 23.5. The molecule has 0 saturated carbocycles. The molecule has 394 valence electrons. The summed E-state index contributed by atoms with van der Waals surface area (Å²) in [6.07, 6.45) is 8.08. The lowest BCUT2D eigenvalue weighted by molar-refractivity contribution is -0.940. The Hall–Kier alpha value is -6.50. The fraction of sp³-hybridized carbons (Fsp3) is 0.527. The molecule has 4 aromatic rings. The predicted molar refractivity (Wildman–Crippen MR) is 273 cm³/mol. The Kier molecular flexibility index (Phi) is 21.0. The molecule has 18 nitrogen and oxygen atoms in total. The molecule has 18 heteroatoms. The third-order valence-corrected chi connectivity index (χ3v) is 13.3. The van der Waals surface area contributed by atoms with Gasteiger partial charge in [0, 0.05) is 24.6 Å². The molecule has 0 bridgehead atoms. The van der Waals surface area contributed by atoms with Crippen molar-refractivity contribution >= 4 is 35.4 Å². The molecule has 0 unspecified atom stereocenters. The van der Waals surface area contributed by atoms with Crippen molar-refractivity contribution in [1.29, 1.82) is 0 Å². The summed E-state index contributed by atoms with van der Waals surface area (Å²) in [7, 11) is 0. The van der Waals surface area contributed by atoms with E-state index in [1.807, 2.05) is 86.6 Å². The van der Waals surface area contributed by atoms with E-state index in [1.54, 1.807) is 19.2 Å². The highest BCUT2D eigenvalue weighted by molar-refractivity contribution is 5.98. The van der Waals surface area contributed by atoms with E-state index in [-0.39, 0.29) is 68.3 Å². The highest BCUT2D eigenvalue weighted by Gasteiger charge is 2.50. The zero-order chi connectivity index (χ0) is 52.2. The Morgan fingerprint density at radius 3 is 2.10 bits per heavy atom. The van der Waals surface area contributed by atoms with Gasteiger partial charge in [0.15, 0.2) is 23.8 Å². The number of H-pyrrole nitrogens is 1. The van der Waals surface area contributed by atoms with E-state index in [0.29, 0.717) is 61.6 Å². The number of carbonyl (C=O) groups excluding carboxylic acids is 6. The van der Waals surface area contributed by atoms with E-state index < -0.39 is 47.5 Å². The van der Waals surface area contributed by atoms with Crippen LogP contribution in [0.25, 0.3) is 0 Å². The van der Waals surface area contributed by atoms with Crippen LogP contribution in [0.1, 0.15) is 108 Å². The van der Waals surface area contributed by atoms with Gasteiger partial charge in [-0.2, -0.15) is 0 Å². The van der Waals surface area contributed by atoms with Gasteiger partial charge in [-0.3, -0.25) is 33.9 Å². The summed E-state index contributed by atoms with van der Waals surface area (Å²) in [6.45, 7) is 11.9. The first-order chi connectivity index (χ1) is 35.1. The Morgan fingerprint density at radius 1 is 0.767 bits per heavy atom. The number of amides is 4. The Balaban J connectivity index is 1.15. The number of esters is 1. The number of hydrogen-bond acceptors (Lipinski definition) is 12. The maximum absolute atomic E-state index is 14.3. The summed E-state index contributed by atoms with van der Waals surface area (Å²) in [6, 6.07) is 20.2. The van der Waals surface area contributed by atoms with Crippen LogP contribution in [0.4, 0.5) is 0 Å². The maximum atomic E-state index is 14.3. The number of carbonyl (C=O) groups is 6. The normalized spacial score (nSPS) is 17.6. The molecule has 5 atom stereocenters. The standard InChI is InChI=1S/C55H74N8O10/c1-6-7-8-9-16-21-50(65)73-47-25-23-42(32-48(47)71-36-43-33-56-62-61-43)34-63(26-28-70-29-27-63)35-49(64)58-44(24-22-40-17-12-10-13-18-40)53(68)57-39(4)52(67)60-46(31-41-19-14-11-15-20-41)54(69)59-45(30-38(2)3)51(66)55(5)37-72-55/h10-15,17-20,23,25,32-33,38-39,44-46H,6-9,16,21-22,24,26-31,34-37H2,1-5H3,(H4-,56,57,58,59,60,61,62,64,67,68,69)/p+1/t39-,44-,45-,46-,55+/m0/s1. The minimum atomic E-state index is -1.12. The molecule has 4 amide bonds. The maximum Gasteiger partial charge on any atom is 0.311 e. The molecule has 2 fully saturated rings. The number of aromatic amines is 1. The average molecular weight is 1010 g/mol. The molecule has 3 heterocycles. The third kappa shape index (κ3) is 17.9.